The van der Waals surface area contributed by atoms with Crippen LogP contribution in [-0.2, 0) is 14.3 Å². The standard InChI is InChI=1S/C23H26N2O4/c1-14(21(27)23-11-15-8-16(12-23)10-17(9-15)13-23)29-22(28)18-2-4-19(5-3-18)25-20(26)6-7-24/h2-5,14-17H,6,8-13H2,1H3,(H,25,26). The molecule has 1 aromatic rings. The predicted molar refractivity (Wildman–Crippen MR) is 106 cm³/mol. The van der Waals surface area contributed by atoms with Crippen molar-refractivity contribution < 1.29 is 19.1 Å². The molecular formula is C23H26N2O4. The van der Waals surface area contributed by atoms with Crippen molar-refractivity contribution in [3.63, 3.8) is 0 Å². The lowest BCUT2D eigenvalue weighted by molar-refractivity contribution is -0.152. The molecule has 6 heteroatoms. The Morgan fingerprint density at radius 2 is 1.66 bits per heavy atom. The number of amides is 1. The van der Waals surface area contributed by atoms with Crippen molar-refractivity contribution in [1.82, 2.24) is 0 Å². The smallest absolute Gasteiger partial charge is 0.338 e. The summed E-state index contributed by atoms with van der Waals surface area (Å²) in [5, 5.41) is 11.1. The number of ether oxygens (including phenoxy) is 1. The Morgan fingerprint density at radius 3 is 2.17 bits per heavy atom. The van der Waals surface area contributed by atoms with Crippen LogP contribution in [0, 0.1) is 34.5 Å². The SMILES string of the molecule is CC(OC(=O)c1ccc(NC(=O)CC#N)cc1)C(=O)C12CC3CC(CC(C3)C1)C2. The van der Waals surface area contributed by atoms with E-state index in [1.165, 1.54) is 19.3 Å². The van der Waals surface area contributed by atoms with Gasteiger partial charge in [0.1, 0.15) is 6.42 Å². The van der Waals surface area contributed by atoms with Crippen LogP contribution in [0.2, 0.25) is 0 Å². The van der Waals surface area contributed by atoms with Gasteiger partial charge in [-0.15, -0.1) is 0 Å². The Labute approximate surface area is 170 Å². The van der Waals surface area contributed by atoms with Gasteiger partial charge in [0.2, 0.25) is 5.91 Å². The van der Waals surface area contributed by atoms with Gasteiger partial charge >= 0.3 is 5.97 Å². The maximum absolute atomic E-state index is 13.2. The van der Waals surface area contributed by atoms with E-state index in [1.54, 1.807) is 37.3 Å². The average molecular weight is 394 g/mol. The summed E-state index contributed by atoms with van der Waals surface area (Å²) >= 11 is 0. The van der Waals surface area contributed by atoms with Crippen LogP contribution in [-0.4, -0.2) is 23.8 Å². The first kappa shape index (κ1) is 19.6. The molecule has 0 spiro atoms. The van der Waals surface area contributed by atoms with Gasteiger partial charge in [-0.05, 0) is 87.5 Å². The van der Waals surface area contributed by atoms with Crippen molar-refractivity contribution in [2.75, 3.05) is 5.32 Å². The second kappa shape index (κ2) is 7.62. The van der Waals surface area contributed by atoms with Crippen LogP contribution >= 0.6 is 0 Å². The molecule has 4 aliphatic carbocycles. The second-order valence-corrected chi connectivity index (χ2v) is 9.07. The molecule has 1 amide bonds. The van der Waals surface area contributed by atoms with Crippen LogP contribution < -0.4 is 5.32 Å². The zero-order valence-corrected chi connectivity index (χ0v) is 16.6. The number of nitrogens with zero attached hydrogens (tertiary/aromatic N) is 1. The highest BCUT2D eigenvalue weighted by molar-refractivity contribution is 5.96. The number of nitriles is 1. The summed E-state index contributed by atoms with van der Waals surface area (Å²) in [7, 11) is 0. The van der Waals surface area contributed by atoms with Gasteiger partial charge in [0.25, 0.3) is 0 Å². The van der Waals surface area contributed by atoms with E-state index >= 15 is 0 Å². The fourth-order valence-electron chi connectivity index (χ4n) is 6.09. The Morgan fingerprint density at radius 1 is 1.10 bits per heavy atom. The van der Waals surface area contributed by atoms with Gasteiger partial charge in [-0.1, -0.05) is 0 Å². The fourth-order valence-corrected chi connectivity index (χ4v) is 6.09. The number of esters is 1. The molecular weight excluding hydrogens is 368 g/mol. The molecule has 1 unspecified atom stereocenters. The highest BCUT2D eigenvalue weighted by atomic mass is 16.5. The van der Waals surface area contributed by atoms with E-state index in [2.05, 4.69) is 5.32 Å². The Balaban J connectivity index is 1.37. The largest absolute Gasteiger partial charge is 0.451 e. The summed E-state index contributed by atoms with van der Waals surface area (Å²) in [4.78, 5) is 37.2. The van der Waals surface area contributed by atoms with Gasteiger partial charge in [0.05, 0.1) is 11.6 Å². The number of hydrogen-bond donors (Lipinski definition) is 1. The lowest BCUT2D eigenvalue weighted by Crippen LogP contribution is -2.52. The topological polar surface area (TPSA) is 96.3 Å². The highest BCUT2D eigenvalue weighted by Gasteiger charge is 2.55. The third-order valence-corrected chi connectivity index (χ3v) is 6.86. The number of carbonyl (C=O) groups excluding carboxylic acids is 3. The molecule has 0 aliphatic heterocycles. The molecule has 1 aromatic carbocycles. The van der Waals surface area contributed by atoms with Crippen molar-refractivity contribution in [3.05, 3.63) is 29.8 Å². The van der Waals surface area contributed by atoms with E-state index in [4.69, 9.17) is 10.00 Å². The van der Waals surface area contributed by atoms with Gasteiger partial charge in [-0.3, -0.25) is 9.59 Å². The lowest BCUT2D eigenvalue weighted by atomic mass is 9.48. The molecule has 0 aromatic heterocycles. The molecule has 4 aliphatic rings. The summed E-state index contributed by atoms with van der Waals surface area (Å²) in [6.45, 7) is 1.69. The van der Waals surface area contributed by atoms with E-state index < -0.39 is 18.0 Å². The van der Waals surface area contributed by atoms with Crippen molar-refractivity contribution in [2.24, 2.45) is 23.2 Å². The summed E-state index contributed by atoms with van der Waals surface area (Å²) in [6, 6.07) is 8.04. The number of hydrogen-bond acceptors (Lipinski definition) is 5. The zero-order valence-electron chi connectivity index (χ0n) is 16.6. The van der Waals surface area contributed by atoms with Crippen LogP contribution in [0.25, 0.3) is 0 Å². The molecule has 1 N–H and O–H groups in total. The predicted octanol–water partition coefficient (Wildman–Crippen LogP) is 3.87. The molecule has 6 nitrogen and oxygen atoms in total. The summed E-state index contributed by atoms with van der Waals surface area (Å²) in [5.74, 6) is 1.14. The fraction of sp³-hybridized carbons (Fsp3) is 0.565. The molecule has 0 saturated heterocycles. The first-order chi connectivity index (χ1) is 13.9. The molecule has 29 heavy (non-hydrogen) atoms. The van der Waals surface area contributed by atoms with Gasteiger partial charge in [-0.2, -0.15) is 5.26 Å². The molecule has 4 fully saturated rings. The van der Waals surface area contributed by atoms with Gasteiger partial charge in [-0.25, -0.2) is 4.79 Å². The molecule has 4 bridgehead atoms. The minimum absolute atomic E-state index is 0.0883. The minimum atomic E-state index is -0.756. The third kappa shape index (κ3) is 3.91. The van der Waals surface area contributed by atoms with Gasteiger partial charge in [0, 0.05) is 11.1 Å². The Hall–Kier alpha value is -2.68. The number of rotatable bonds is 6. The number of Topliss-reactive ketones (excluding diaryl/α,β-unsaturated/α-hetero) is 1. The Bertz CT molecular complexity index is 833. The van der Waals surface area contributed by atoms with E-state index in [0.717, 1.165) is 19.3 Å². The van der Waals surface area contributed by atoms with E-state index in [0.29, 0.717) is 29.0 Å². The number of nitrogens with one attached hydrogen (secondary N) is 1. The minimum Gasteiger partial charge on any atom is -0.451 e. The normalized spacial score (nSPS) is 30.3. The molecule has 152 valence electrons. The monoisotopic (exact) mass is 394 g/mol. The lowest BCUT2D eigenvalue weighted by Gasteiger charge is -2.56. The first-order valence-electron chi connectivity index (χ1n) is 10.4. The number of carbonyl (C=O) groups is 3. The van der Waals surface area contributed by atoms with Crippen LogP contribution in [0.1, 0.15) is 62.2 Å². The van der Waals surface area contributed by atoms with Crippen molar-refractivity contribution in [1.29, 1.82) is 5.26 Å². The summed E-state index contributed by atoms with van der Waals surface area (Å²) in [6.07, 6.45) is 5.67. The number of ketones is 1. The Kier molecular flexibility index (Phi) is 5.16. The summed E-state index contributed by atoms with van der Waals surface area (Å²) in [5.41, 5.74) is 0.538. The van der Waals surface area contributed by atoms with E-state index in [-0.39, 0.29) is 17.6 Å². The second-order valence-electron chi connectivity index (χ2n) is 9.07. The molecule has 4 saturated carbocycles. The van der Waals surface area contributed by atoms with Gasteiger partial charge < -0.3 is 10.1 Å². The quantitative estimate of drug-likeness (QED) is 0.739. The molecule has 0 heterocycles. The average Bonchev–Trinajstić information content (AvgIpc) is 2.67. The molecule has 1 atom stereocenters. The van der Waals surface area contributed by atoms with Crippen LogP contribution in [0.15, 0.2) is 24.3 Å². The van der Waals surface area contributed by atoms with E-state index in [1.807, 2.05) is 0 Å². The molecule has 5 rings (SSSR count). The maximum atomic E-state index is 13.2. The molecule has 0 radical (unpaired) electrons. The summed E-state index contributed by atoms with van der Waals surface area (Å²) < 4.78 is 5.53. The number of anilines is 1. The van der Waals surface area contributed by atoms with Crippen molar-refractivity contribution in [2.45, 2.75) is 58.0 Å². The van der Waals surface area contributed by atoms with Crippen molar-refractivity contribution in [3.8, 4) is 6.07 Å². The van der Waals surface area contributed by atoms with Gasteiger partial charge in [0.15, 0.2) is 11.9 Å². The third-order valence-electron chi connectivity index (χ3n) is 6.86. The van der Waals surface area contributed by atoms with Crippen LogP contribution in [0.4, 0.5) is 5.69 Å². The van der Waals surface area contributed by atoms with Crippen molar-refractivity contribution >= 4 is 23.3 Å². The van der Waals surface area contributed by atoms with E-state index in [9.17, 15) is 14.4 Å². The number of benzene rings is 1. The van der Waals surface area contributed by atoms with Crippen LogP contribution in [0.5, 0.6) is 0 Å². The maximum Gasteiger partial charge on any atom is 0.338 e. The van der Waals surface area contributed by atoms with Crippen LogP contribution in [0.3, 0.4) is 0 Å². The zero-order chi connectivity index (χ0) is 20.6. The highest BCUT2D eigenvalue weighted by Crippen LogP contribution is 2.60. The first-order valence-corrected chi connectivity index (χ1v) is 10.4.